The molecule has 0 saturated carbocycles. The molecular formula is C24H28N4O6S. The standard InChI is InChI=1S/C24H28N4O6S/c1-3-34-19-11-9-18(10-12-19)24(2)22(30)28(23(31)25-24)17-21(29)26-13-15-27(16-14-26)35(32,33)20-7-5-4-6-8-20/h4-12H,3,13-17H2,1-2H3,(H,25,31)/t24-/m1/s1. The Kier molecular flexibility index (Phi) is 6.82. The highest BCUT2D eigenvalue weighted by Crippen LogP contribution is 2.30. The van der Waals surface area contributed by atoms with Crippen molar-refractivity contribution in [3.8, 4) is 5.75 Å². The molecule has 4 amide bonds. The summed E-state index contributed by atoms with van der Waals surface area (Å²) in [5, 5.41) is 2.69. The van der Waals surface area contributed by atoms with Crippen LogP contribution < -0.4 is 10.1 Å². The number of sulfonamides is 1. The second-order valence-electron chi connectivity index (χ2n) is 8.50. The molecule has 2 aliphatic rings. The van der Waals surface area contributed by atoms with Crippen molar-refractivity contribution in [3.63, 3.8) is 0 Å². The van der Waals surface area contributed by atoms with Crippen molar-refractivity contribution in [3.05, 3.63) is 60.2 Å². The summed E-state index contributed by atoms with van der Waals surface area (Å²) in [6, 6.07) is 14.3. The van der Waals surface area contributed by atoms with Gasteiger partial charge in [-0.2, -0.15) is 4.31 Å². The number of urea groups is 1. The van der Waals surface area contributed by atoms with Gasteiger partial charge < -0.3 is 15.0 Å². The molecule has 2 fully saturated rings. The van der Waals surface area contributed by atoms with E-state index in [0.29, 0.717) is 17.9 Å². The summed E-state index contributed by atoms with van der Waals surface area (Å²) in [6.07, 6.45) is 0. The third kappa shape index (κ3) is 4.73. The van der Waals surface area contributed by atoms with Crippen LogP contribution in [0.4, 0.5) is 4.79 Å². The highest BCUT2D eigenvalue weighted by atomic mass is 32.2. The molecule has 2 aromatic carbocycles. The van der Waals surface area contributed by atoms with Crippen molar-refractivity contribution in [1.29, 1.82) is 0 Å². The van der Waals surface area contributed by atoms with Gasteiger partial charge in [-0.3, -0.25) is 14.5 Å². The molecule has 1 atom stereocenters. The van der Waals surface area contributed by atoms with Crippen molar-refractivity contribution in [2.75, 3.05) is 39.3 Å². The van der Waals surface area contributed by atoms with Crippen molar-refractivity contribution in [2.24, 2.45) is 0 Å². The van der Waals surface area contributed by atoms with Crippen LogP contribution in [-0.4, -0.2) is 79.7 Å². The number of benzene rings is 2. The highest BCUT2D eigenvalue weighted by molar-refractivity contribution is 7.89. The summed E-state index contributed by atoms with van der Waals surface area (Å²) in [6.45, 7) is 4.17. The van der Waals surface area contributed by atoms with Gasteiger partial charge in [-0.1, -0.05) is 30.3 Å². The van der Waals surface area contributed by atoms with Gasteiger partial charge in [0.1, 0.15) is 17.8 Å². The number of amides is 4. The fourth-order valence-electron chi connectivity index (χ4n) is 4.24. The smallest absolute Gasteiger partial charge is 0.325 e. The van der Waals surface area contributed by atoms with Gasteiger partial charge in [0, 0.05) is 26.2 Å². The fraction of sp³-hybridized carbons (Fsp3) is 0.375. The molecule has 0 bridgehead atoms. The molecule has 0 aliphatic carbocycles. The number of nitrogens with zero attached hydrogens (tertiary/aromatic N) is 3. The van der Waals surface area contributed by atoms with E-state index in [1.165, 1.54) is 21.3 Å². The first-order valence-electron chi connectivity index (χ1n) is 11.4. The molecule has 0 spiro atoms. The first-order valence-corrected chi connectivity index (χ1v) is 12.8. The number of piperazine rings is 1. The van der Waals surface area contributed by atoms with Gasteiger partial charge >= 0.3 is 6.03 Å². The number of hydrogen-bond acceptors (Lipinski definition) is 6. The number of imide groups is 1. The van der Waals surface area contributed by atoms with Gasteiger partial charge in [-0.25, -0.2) is 13.2 Å². The zero-order chi connectivity index (χ0) is 25.2. The van der Waals surface area contributed by atoms with E-state index >= 15 is 0 Å². The Balaban J connectivity index is 1.39. The van der Waals surface area contributed by atoms with Crippen molar-refractivity contribution >= 4 is 27.9 Å². The minimum Gasteiger partial charge on any atom is -0.494 e. The average molecular weight is 501 g/mol. The Labute approximate surface area is 204 Å². The monoisotopic (exact) mass is 500 g/mol. The summed E-state index contributed by atoms with van der Waals surface area (Å²) in [7, 11) is -3.65. The molecule has 1 N–H and O–H groups in total. The van der Waals surface area contributed by atoms with Gasteiger partial charge in [0.25, 0.3) is 5.91 Å². The van der Waals surface area contributed by atoms with E-state index in [1.807, 2.05) is 6.92 Å². The molecule has 11 heteroatoms. The lowest BCUT2D eigenvalue weighted by Crippen LogP contribution is -2.53. The maximum atomic E-state index is 13.2. The average Bonchev–Trinajstić information content (AvgIpc) is 3.09. The largest absolute Gasteiger partial charge is 0.494 e. The van der Waals surface area contributed by atoms with Crippen LogP contribution in [0.5, 0.6) is 5.75 Å². The lowest BCUT2D eigenvalue weighted by atomic mass is 9.92. The van der Waals surface area contributed by atoms with Crippen LogP contribution in [0.1, 0.15) is 19.4 Å². The zero-order valence-electron chi connectivity index (χ0n) is 19.6. The number of ether oxygens (including phenoxy) is 1. The van der Waals surface area contributed by atoms with Crippen LogP contribution >= 0.6 is 0 Å². The van der Waals surface area contributed by atoms with Crippen molar-refractivity contribution < 1.29 is 27.5 Å². The molecule has 2 aliphatic heterocycles. The molecule has 2 saturated heterocycles. The number of carbonyl (C=O) groups is 3. The van der Waals surface area contributed by atoms with Crippen molar-refractivity contribution in [2.45, 2.75) is 24.3 Å². The van der Waals surface area contributed by atoms with E-state index in [1.54, 1.807) is 49.4 Å². The summed E-state index contributed by atoms with van der Waals surface area (Å²) in [5.74, 6) is -0.288. The van der Waals surface area contributed by atoms with E-state index in [0.717, 1.165) is 4.90 Å². The third-order valence-electron chi connectivity index (χ3n) is 6.28. The van der Waals surface area contributed by atoms with Crippen LogP contribution in [0.2, 0.25) is 0 Å². The number of nitrogens with one attached hydrogen (secondary N) is 1. The molecule has 2 aromatic rings. The molecule has 0 aromatic heterocycles. The number of hydrogen-bond donors (Lipinski definition) is 1. The normalized spacial score (nSPS) is 21.2. The van der Waals surface area contributed by atoms with Crippen molar-refractivity contribution in [1.82, 2.24) is 19.4 Å². The van der Waals surface area contributed by atoms with E-state index in [9.17, 15) is 22.8 Å². The van der Waals surface area contributed by atoms with Gasteiger partial charge in [0.15, 0.2) is 0 Å². The quantitative estimate of drug-likeness (QED) is 0.575. The second kappa shape index (κ2) is 9.67. The summed E-state index contributed by atoms with van der Waals surface area (Å²) in [4.78, 5) is 41.3. The predicted molar refractivity (Wildman–Crippen MR) is 127 cm³/mol. The molecule has 4 rings (SSSR count). The topological polar surface area (TPSA) is 116 Å². The SMILES string of the molecule is CCOc1ccc([C@@]2(C)NC(=O)N(CC(=O)N3CCN(S(=O)(=O)c4ccccc4)CC3)C2=O)cc1. The highest BCUT2D eigenvalue weighted by Gasteiger charge is 2.49. The first kappa shape index (κ1) is 24.7. The lowest BCUT2D eigenvalue weighted by Gasteiger charge is -2.34. The van der Waals surface area contributed by atoms with E-state index in [2.05, 4.69) is 5.32 Å². The molecule has 0 radical (unpaired) electrons. The van der Waals surface area contributed by atoms with E-state index < -0.39 is 40.0 Å². The van der Waals surface area contributed by atoms with E-state index in [-0.39, 0.29) is 31.1 Å². The fourth-order valence-corrected chi connectivity index (χ4v) is 5.69. The first-order chi connectivity index (χ1) is 16.7. The number of carbonyl (C=O) groups excluding carboxylic acids is 3. The second-order valence-corrected chi connectivity index (χ2v) is 10.4. The molecule has 0 unspecified atom stereocenters. The van der Waals surface area contributed by atoms with Gasteiger partial charge in [-0.05, 0) is 43.7 Å². The minimum atomic E-state index is -3.65. The van der Waals surface area contributed by atoms with Crippen LogP contribution in [-0.2, 0) is 25.2 Å². The van der Waals surface area contributed by atoms with E-state index in [4.69, 9.17) is 4.74 Å². The zero-order valence-corrected chi connectivity index (χ0v) is 20.5. The van der Waals surface area contributed by atoms with Gasteiger partial charge in [-0.15, -0.1) is 0 Å². The molecule has 35 heavy (non-hydrogen) atoms. The maximum absolute atomic E-state index is 13.2. The van der Waals surface area contributed by atoms with Gasteiger partial charge in [0.2, 0.25) is 15.9 Å². The molecular weight excluding hydrogens is 472 g/mol. The van der Waals surface area contributed by atoms with Gasteiger partial charge in [0.05, 0.1) is 11.5 Å². The lowest BCUT2D eigenvalue weighted by molar-refractivity contribution is -0.139. The van der Waals surface area contributed by atoms with Crippen LogP contribution in [0.3, 0.4) is 0 Å². The molecule has 2 heterocycles. The Morgan fingerprint density at radius 3 is 2.23 bits per heavy atom. The minimum absolute atomic E-state index is 0.132. The third-order valence-corrected chi connectivity index (χ3v) is 8.20. The summed E-state index contributed by atoms with van der Waals surface area (Å²) < 4.78 is 32.4. The summed E-state index contributed by atoms with van der Waals surface area (Å²) >= 11 is 0. The molecule has 10 nitrogen and oxygen atoms in total. The maximum Gasteiger partial charge on any atom is 0.325 e. The number of rotatable bonds is 7. The predicted octanol–water partition coefficient (Wildman–Crippen LogP) is 1.39. The Bertz CT molecular complexity index is 1210. The summed E-state index contributed by atoms with van der Waals surface area (Å²) in [5.41, 5.74) is -0.723. The van der Waals surface area contributed by atoms with Crippen LogP contribution in [0, 0.1) is 0 Å². The Morgan fingerprint density at radius 1 is 1.00 bits per heavy atom. The Hall–Kier alpha value is -3.44. The van der Waals surface area contributed by atoms with Crippen LogP contribution in [0.25, 0.3) is 0 Å². The molecule has 186 valence electrons. The van der Waals surface area contributed by atoms with Crippen LogP contribution in [0.15, 0.2) is 59.5 Å². The Morgan fingerprint density at radius 2 is 1.63 bits per heavy atom.